The van der Waals surface area contributed by atoms with Gasteiger partial charge in [-0.1, -0.05) is 39.0 Å². The molecule has 112 valence electrons. The highest BCUT2D eigenvalue weighted by Crippen LogP contribution is 2.32. The average Bonchev–Trinajstić information content (AvgIpc) is 2.62. The van der Waals surface area contributed by atoms with Gasteiger partial charge < -0.3 is 10.2 Å². The van der Waals surface area contributed by atoms with E-state index < -0.39 is 0 Å². The zero-order valence-electron chi connectivity index (χ0n) is 13.4. The summed E-state index contributed by atoms with van der Waals surface area (Å²) in [6.07, 6.45) is 14.1. The summed E-state index contributed by atoms with van der Waals surface area (Å²) in [5, 5.41) is 3.93. The molecule has 2 fully saturated rings. The van der Waals surface area contributed by atoms with E-state index in [-0.39, 0.29) is 0 Å². The maximum atomic E-state index is 3.93. The Morgan fingerprint density at radius 2 is 1.68 bits per heavy atom. The van der Waals surface area contributed by atoms with Crippen LogP contribution in [0.3, 0.4) is 0 Å². The second-order valence-electron chi connectivity index (χ2n) is 7.37. The van der Waals surface area contributed by atoms with Crippen LogP contribution in [-0.4, -0.2) is 37.1 Å². The summed E-state index contributed by atoms with van der Waals surface area (Å²) in [7, 11) is 4.56. The molecule has 0 aromatic rings. The number of likely N-dealkylation sites (N-methyl/N-ethyl adjacent to an activating group) is 1. The van der Waals surface area contributed by atoms with Crippen molar-refractivity contribution in [3.05, 3.63) is 0 Å². The summed E-state index contributed by atoms with van der Waals surface area (Å²) >= 11 is 0. The molecule has 0 amide bonds. The zero-order chi connectivity index (χ0) is 13.7. The number of rotatable bonds is 4. The molecule has 2 unspecified atom stereocenters. The van der Waals surface area contributed by atoms with Gasteiger partial charge in [-0.05, 0) is 52.1 Å². The third-order valence-electron chi connectivity index (χ3n) is 5.71. The third kappa shape index (κ3) is 4.19. The summed E-state index contributed by atoms with van der Waals surface area (Å²) in [5.74, 6) is 0.948. The van der Waals surface area contributed by atoms with Crippen molar-refractivity contribution in [1.82, 2.24) is 10.2 Å². The first kappa shape index (κ1) is 15.3. The molecule has 0 aromatic heterocycles. The van der Waals surface area contributed by atoms with Gasteiger partial charge in [0.15, 0.2) is 0 Å². The second kappa shape index (κ2) is 7.08. The van der Waals surface area contributed by atoms with Crippen LogP contribution in [-0.2, 0) is 0 Å². The van der Waals surface area contributed by atoms with Gasteiger partial charge in [-0.2, -0.15) is 0 Å². The van der Waals surface area contributed by atoms with Gasteiger partial charge >= 0.3 is 0 Å². The van der Waals surface area contributed by atoms with E-state index >= 15 is 0 Å². The topological polar surface area (TPSA) is 15.3 Å². The summed E-state index contributed by atoms with van der Waals surface area (Å²) < 4.78 is 0. The Morgan fingerprint density at radius 1 is 0.947 bits per heavy atom. The maximum Gasteiger partial charge on any atom is 0.0327 e. The molecule has 0 bridgehead atoms. The molecule has 0 radical (unpaired) electrons. The lowest BCUT2D eigenvalue weighted by atomic mass is 9.80. The molecule has 0 heterocycles. The quantitative estimate of drug-likeness (QED) is 0.778. The molecule has 2 heteroatoms. The first-order valence-corrected chi connectivity index (χ1v) is 8.53. The predicted molar refractivity (Wildman–Crippen MR) is 83.5 cm³/mol. The van der Waals surface area contributed by atoms with E-state index in [4.69, 9.17) is 0 Å². The molecular weight excluding hydrogens is 232 g/mol. The summed E-state index contributed by atoms with van der Waals surface area (Å²) in [6.45, 7) is 3.63. The van der Waals surface area contributed by atoms with Crippen molar-refractivity contribution < 1.29 is 0 Å². The number of hydrogen-bond acceptors (Lipinski definition) is 2. The van der Waals surface area contributed by atoms with Crippen LogP contribution in [0.4, 0.5) is 0 Å². The minimum absolute atomic E-state index is 0.441. The van der Waals surface area contributed by atoms with Gasteiger partial charge in [-0.25, -0.2) is 0 Å². The van der Waals surface area contributed by atoms with E-state index in [9.17, 15) is 0 Å². The molecule has 0 spiro atoms. The highest BCUT2D eigenvalue weighted by Gasteiger charge is 2.34. The van der Waals surface area contributed by atoms with Crippen LogP contribution in [0.25, 0.3) is 0 Å². The normalized spacial score (nSPS) is 32.2. The zero-order valence-corrected chi connectivity index (χ0v) is 13.4. The fraction of sp³-hybridized carbons (Fsp3) is 1.00. The molecule has 2 aliphatic carbocycles. The summed E-state index contributed by atoms with van der Waals surface area (Å²) in [4.78, 5) is 2.50. The molecule has 0 aliphatic heterocycles. The molecule has 2 aliphatic rings. The van der Waals surface area contributed by atoms with Crippen LogP contribution in [0.1, 0.15) is 71.1 Å². The largest absolute Gasteiger partial charge is 0.312 e. The number of hydrogen-bond donors (Lipinski definition) is 1. The van der Waals surface area contributed by atoms with E-state index in [2.05, 4.69) is 31.2 Å². The van der Waals surface area contributed by atoms with E-state index in [0.717, 1.165) is 12.0 Å². The Bertz CT molecular complexity index is 256. The molecule has 2 atom stereocenters. The fourth-order valence-electron chi connectivity index (χ4n) is 4.02. The van der Waals surface area contributed by atoms with Gasteiger partial charge in [0, 0.05) is 18.1 Å². The molecule has 0 aromatic carbocycles. The highest BCUT2D eigenvalue weighted by molar-refractivity contribution is 4.93. The maximum absolute atomic E-state index is 3.93. The summed E-state index contributed by atoms with van der Waals surface area (Å²) in [5.41, 5.74) is 0.441. The molecule has 2 nitrogen and oxygen atoms in total. The minimum atomic E-state index is 0.441. The lowest BCUT2D eigenvalue weighted by Crippen LogP contribution is -2.54. The SMILES string of the molecule is CC1CCCC(NCC2(N(C)C)CCCCC2)CC1. The van der Waals surface area contributed by atoms with Crippen molar-refractivity contribution in [3.8, 4) is 0 Å². The first-order chi connectivity index (χ1) is 9.12. The van der Waals surface area contributed by atoms with Crippen LogP contribution in [0.5, 0.6) is 0 Å². The van der Waals surface area contributed by atoms with Gasteiger partial charge in [-0.15, -0.1) is 0 Å². The standard InChI is InChI=1S/C17H34N2/c1-15-8-7-9-16(11-10-15)18-14-17(19(2)3)12-5-4-6-13-17/h15-16,18H,4-14H2,1-3H3. The summed E-state index contributed by atoms with van der Waals surface area (Å²) in [6, 6.07) is 0.781. The fourth-order valence-corrected chi connectivity index (χ4v) is 4.02. The van der Waals surface area contributed by atoms with Crippen LogP contribution in [0, 0.1) is 5.92 Å². The predicted octanol–water partition coefficient (Wildman–Crippen LogP) is 3.81. The molecule has 19 heavy (non-hydrogen) atoms. The Hall–Kier alpha value is -0.0800. The molecule has 2 rings (SSSR count). The molecule has 2 saturated carbocycles. The van der Waals surface area contributed by atoms with E-state index in [1.165, 1.54) is 70.8 Å². The second-order valence-corrected chi connectivity index (χ2v) is 7.37. The third-order valence-corrected chi connectivity index (χ3v) is 5.71. The molecule has 1 N–H and O–H groups in total. The van der Waals surface area contributed by atoms with Crippen LogP contribution in [0.2, 0.25) is 0 Å². The van der Waals surface area contributed by atoms with Crippen molar-refractivity contribution in [2.75, 3.05) is 20.6 Å². The Morgan fingerprint density at radius 3 is 2.37 bits per heavy atom. The van der Waals surface area contributed by atoms with E-state index in [1.807, 2.05) is 0 Å². The van der Waals surface area contributed by atoms with Crippen LogP contribution < -0.4 is 5.32 Å². The lowest BCUT2D eigenvalue weighted by molar-refractivity contribution is 0.0943. The van der Waals surface area contributed by atoms with Gasteiger partial charge in [-0.3, -0.25) is 0 Å². The van der Waals surface area contributed by atoms with Gasteiger partial charge in [0.05, 0.1) is 0 Å². The minimum Gasteiger partial charge on any atom is -0.312 e. The van der Waals surface area contributed by atoms with E-state index in [0.29, 0.717) is 5.54 Å². The Kier molecular flexibility index (Phi) is 5.70. The highest BCUT2D eigenvalue weighted by atomic mass is 15.2. The Balaban J connectivity index is 1.84. The van der Waals surface area contributed by atoms with Crippen molar-refractivity contribution in [1.29, 1.82) is 0 Å². The van der Waals surface area contributed by atoms with E-state index in [1.54, 1.807) is 0 Å². The Labute approximate surface area is 120 Å². The average molecular weight is 266 g/mol. The molecular formula is C17H34N2. The van der Waals surface area contributed by atoms with Gasteiger partial charge in [0.1, 0.15) is 0 Å². The first-order valence-electron chi connectivity index (χ1n) is 8.53. The van der Waals surface area contributed by atoms with Crippen LogP contribution in [0.15, 0.2) is 0 Å². The van der Waals surface area contributed by atoms with Gasteiger partial charge in [0.25, 0.3) is 0 Å². The van der Waals surface area contributed by atoms with Crippen molar-refractivity contribution >= 4 is 0 Å². The lowest BCUT2D eigenvalue weighted by Gasteiger charge is -2.44. The monoisotopic (exact) mass is 266 g/mol. The number of nitrogens with one attached hydrogen (secondary N) is 1. The van der Waals surface area contributed by atoms with Crippen LogP contribution >= 0.6 is 0 Å². The number of nitrogens with zero attached hydrogens (tertiary/aromatic N) is 1. The van der Waals surface area contributed by atoms with Crippen molar-refractivity contribution in [2.24, 2.45) is 5.92 Å². The van der Waals surface area contributed by atoms with Gasteiger partial charge in [0.2, 0.25) is 0 Å². The van der Waals surface area contributed by atoms with Crippen molar-refractivity contribution in [3.63, 3.8) is 0 Å². The molecule has 0 saturated heterocycles. The van der Waals surface area contributed by atoms with Crippen molar-refractivity contribution in [2.45, 2.75) is 82.7 Å². The smallest absolute Gasteiger partial charge is 0.0327 e.